The molecule has 0 spiro atoms. The van der Waals surface area contributed by atoms with Gasteiger partial charge in [-0.15, -0.1) is 0 Å². The number of sulfonamides is 1. The van der Waals surface area contributed by atoms with Crippen LogP contribution in [0.15, 0.2) is 23.1 Å². The molecule has 0 radical (unpaired) electrons. The van der Waals surface area contributed by atoms with E-state index in [2.05, 4.69) is 22.0 Å². The molecule has 1 aliphatic heterocycles. The molecule has 1 aromatic rings. The molecule has 1 heterocycles. The monoisotopic (exact) mass is 312 g/mol. The zero-order valence-corrected chi connectivity index (χ0v) is 13.4. The average Bonchev–Trinajstić information content (AvgIpc) is 2.46. The molecule has 21 heavy (non-hydrogen) atoms. The summed E-state index contributed by atoms with van der Waals surface area (Å²) in [6.07, 6.45) is 3.71. The second-order valence-electron chi connectivity index (χ2n) is 5.47. The number of benzene rings is 1. The van der Waals surface area contributed by atoms with Crippen molar-refractivity contribution in [2.24, 2.45) is 0 Å². The highest BCUT2D eigenvalue weighted by atomic mass is 32.2. The third-order valence-corrected chi connectivity index (χ3v) is 5.52. The van der Waals surface area contributed by atoms with Crippen molar-refractivity contribution < 1.29 is 8.42 Å². The largest absolute Gasteiger partial charge is 0.398 e. The molecule has 0 aromatic heterocycles. The third-order valence-electron chi connectivity index (χ3n) is 4.03. The average molecular weight is 312 g/mol. The summed E-state index contributed by atoms with van der Waals surface area (Å²) in [6.45, 7) is 1.97. The van der Waals surface area contributed by atoms with Crippen LogP contribution in [0.1, 0.15) is 19.3 Å². The lowest BCUT2D eigenvalue weighted by atomic mass is 10.0. The molecule has 6 nitrogen and oxygen atoms in total. The number of nitrogens with zero attached hydrogens (tertiary/aromatic N) is 1. The summed E-state index contributed by atoms with van der Waals surface area (Å²) in [5, 5.41) is 3.35. The Kier molecular flexibility index (Phi) is 5.08. The molecule has 1 atom stereocenters. The molecule has 0 amide bonds. The maximum Gasteiger partial charge on any atom is 0.242 e. The van der Waals surface area contributed by atoms with Gasteiger partial charge in [-0.3, -0.25) is 0 Å². The minimum atomic E-state index is -3.50. The van der Waals surface area contributed by atoms with E-state index >= 15 is 0 Å². The lowest BCUT2D eigenvalue weighted by molar-refractivity contribution is 0.194. The Balaban J connectivity index is 2.04. The Labute approximate surface area is 126 Å². The quantitative estimate of drug-likeness (QED) is 0.708. The smallest absolute Gasteiger partial charge is 0.242 e. The molecule has 7 heteroatoms. The number of nitrogens with two attached hydrogens (primary N) is 1. The van der Waals surface area contributed by atoms with Gasteiger partial charge in [0.15, 0.2) is 0 Å². The van der Waals surface area contributed by atoms with Crippen molar-refractivity contribution in [1.29, 1.82) is 0 Å². The zero-order chi connectivity index (χ0) is 15.5. The molecule has 1 unspecified atom stereocenters. The number of anilines is 2. The van der Waals surface area contributed by atoms with Gasteiger partial charge in [0.05, 0.1) is 5.69 Å². The zero-order valence-electron chi connectivity index (χ0n) is 12.6. The predicted molar refractivity (Wildman–Crippen MR) is 85.9 cm³/mol. The van der Waals surface area contributed by atoms with Gasteiger partial charge in [-0.1, -0.05) is 6.42 Å². The van der Waals surface area contributed by atoms with Gasteiger partial charge in [0.2, 0.25) is 10.0 Å². The van der Waals surface area contributed by atoms with Crippen LogP contribution in [0.4, 0.5) is 11.4 Å². The minimum absolute atomic E-state index is 0.116. The highest BCUT2D eigenvalue weighted by Gasteiger charge is 2.19. The van der Waals surface area contributed by atoms with Gasteiger partial charge in [-0.25, -0.2) is 13.1 Å². The summed E-state index contributed by atoms with van der Waals surface area (Å²) in [5.41, 5.74) is 6.95. The van der Waals surface area contributed by atoms with E-state index in [0.717, 1.165) is 18.8 Å². The molecular formula is C14H24N4O2S. The first-order valence-corrected chi connectivity index (χ1v) is 8.69. The molecule has 0 saturated carbocycles. The van der Waals surface area contributed by atoms with E-state index in [1.165, 1.54) is 32.4 Å². The highest BCUT2D eigenvalue weighted by molar-refractivity contribution is 7.89. The summed E-state index contributed by atoms with van der Waals surface area (Å²) in [6, 6.07) is 5.48. The van der Waals surface area contributed by atoms with Crippen molar-refractivity contribution in [2.45, 2.75) is 30.2 Å². The van der Waals surface area contributed by atoms with Gasteiger partial charge in [-0.2, -0.15) is 0 Å². The van der Waals surface area contributed by atoms with Gasteiger partial charge < -0.3 is 16.0 Å². The first-order valence-electron chi connectivity index (χ1n) is 7.21. The number of nitrogens with one attached hydrogen (secondary N) is 2. The number of piperidine rings is 1. The van der Waals surface area contributed by atoms with E-state index in [1.54, 1.807) is 12.1 Å². The fourth-order valence-corrected chi connectivity index (χ4v) is 3.49. The lowest BCUT2D eigenvalue weighted by Crippen LogP contribution is -2.40. The molecule has 1 saturated heterocycles. The number of hydrogen-bond donors (Lipinski definition) is 3. The Hall–Kier alpha value is -1.31. The molecule has 1 fully saturated rings. The predicted octanol–water partition coefficient (Wildman–Crippen LogP) is 1.07. The SMILES string of the molecule is CNS(=O)(=O)c1ccc(NCC2CCCCN2C)cc1N. The molecule has 2 rings (SSSR count). The van der Waals surface area contributed by atoms with Crippen molar-refractivity contribution in [3.8, 4) is 0 Å². The number of nitrogen functional groups attached to an aromatic ring is 1. The minimum Gasteiger partial charge on any atom is -0.398 e. The second-order valence-corrected chi connectivity index (χ2v) is 7.33. The fraction of sp³-hybridized carbons (Fsp3) is 0.571. The number of likely N-dealkylation sites (N-methyl/N-ethyl adjacent to an activating group) is 1. The molecular weight excluding hydrogens is 288 g/mol. The standard InChI is InChI=1S/C14H24N4O2S/c1-16-21(19,20)14-7-6-11(9-13(14)15)17-10-12-5-3-4-8-18(12)2/h6-7,9,12,16-17H,3-5,8,10,15H2,1-2H3. The molecule has 1 aromatic carbocycles. The van der Waals surface area contributed by atoms with E-state index in [0.29, 0.717) is 6.04 Å². The maximum absolute atomic E-state index is 11.8. The highest BCUT2D eigenvalue weighted by Crippen LogP contribution is 2.23. The maximum atomic E-state index is 11.8. The van der Waals surface area contributed by atoms with Crippen molar-refractivity contribution in [3.05, 3.63) is 18.2 Å². The Morgan fingerprint density at radius 1 is 1.38 bits per heavy atom. The summed E-state index contributed by atoms with van der Waals surface area (Å²) < 4.78 is 25.8. The van der Waals surface area contributed by atoms with Crippen LogP contribution in [0.25, 0.3) is 0 Å². The van der Waals surface area contributed by atoms with Gasteiger partial charge in [0.25, 0.3) is 0 Å². The first kappa shape index (κ1) is 16.1. The molecule has 118 valence electrons. The van der Waals surface area contributed by atoms with Gasteiger partial charge in [0, 0.05) is 18.3 Å². The Morgan fingerprint density at radius 2 is 2.14 bits per heavy atom. The van der Waals surface area contributed by atoms with Crippen molar-refractivity contribution in [1.82, 2.24) is 9.62 Å². The molecule has 4 N–H and O–H groups in total. The summed E-state index contributed by atoms with van der Waals surface area (Å²) >= 11 is 0. The van der Waals surface area contributed by atoms with Crippen molar-refractivity contribution in [3.63, 3.8) is 0 Å². The Morgan fingerprint density at radius 3 is 2.76 bits per heavy atom. The Bertz CT molecular complexity index is 589. The number of hydrogen-bond acceptors (Lipinski definition) is 5. The second kappa shape index (κ2) is 6.64. The normalized spacial score (nSPS) is 20.4. The van der Waals surface area contributed by atoms with Crippen LogP contribution in [0, 0.1) is 0 Å². The van der Waals surface area contributed by atoms with Crippen LogP contribution in [0.3, 0.4) is 0 Å². The van der Waals surface area contributed by atoms with Crippen LogP contribution < -0.4 is 15.8 Å². The van der Waals surface area contributed by atoms with Crippen molar-refractivity contribution >= 4 is 21.4 Å². The summed E-state index contributed by atoms with van der Waals surface area (Å²) in [4.78, 5) is 2.48. The van der Waals surface area contributed by atoms with E-state index in [1.807, 2.05) is 0 Å². The lowest BCUT2D eigenvalue weighted by Gasteiger charge is -2.32. The van der Waals surface area contributed by atoms with Crippen LogP contribution in [0.2, 0.25) is 0 Å². The number of likely N-dealkylation sites (tertiary alicyclic amines) is 1. The van der Waals surface area contributed by atoms with Gasteiger partial charge >= 0.3 is 0 Å². The first-order chi connectivity index (χ1) is 9.94. The van der Waals surface area contributed by atoms with E-state index < -0.39 is 10.0 Å². The van der Waals surface area contributed by atoms with Crippen LogP contribution in [-0.4, -0.2) is 46.5 Å². The van der Waals surface area contributed by atoms with E-state index in [-0.39, 0.29) is 10.6 Å². The van der Waals surface area contributed by atoms with Crippen LogP contribution >= 0.6 is 0 Å². The van der Waals surface area contributed by atoms with E-state index in [4.69, 9.17) is 5.73 Å². The van der Waals surface area contributed by atoms with Gasteiger partial charge in [-0.05, 0) is 51.7 Å². The van der Waals surface area contributed by atoms with E-state index in [9.17, 15) is 8.42 Å². The fourth-order valence-electron chi connectivity index (χ4n) is 2.65. The van der Waals surface area contributed by atoms with Crippen molar-refractivity contribution in [2.75, 3.05) is 38.2 Å². The third kappa shape index (κ3) is 3.87. The van der Waals surface area contributed by atoms with Gasteiger partial charge in [0.1, 0.15) is 4.90 Å². The summed E-state index contributed by atoms with van der Waals surface area (Å²) in [7, 11) is 0.0153. The molecule has 0 aliphatic carbocycles. The molecule has 0 bridgehead atoms. The molecule has 1 aliphatic rings. The topological polar surface area (TPSA) is 87.5 Å². The van der Waals surface area contributed by atoms with Crippen LogP contribution in [0.5, 0.6) is 0 Å². The number of rotatable bonds is 5. The van der Waals surface area contributed by atoms with Crippen LogP contribution in [-0.2, 0) is 10.0 Å². The summed E-state index contributed by atoms with van der Waals surface area (Å²) in [5.74, 6) is 0.